The number of nitrogens with one attached hydrogen (secondary N) is 1. The van der Waals surface area contributed by atoms with Gasteiger partial charge >= 0.3 is 5.97 Å². The molecular weight excluding hydrogens is 306 g/mol. The molecule has 2 atom stereocenters. The Bertz CT molecular complexity index is 587. The number of esters is 1. The average molecular weight is 327 g/mol. The van der Waals surface area contributed by atoms with Crippen molar-refractivity contribution in [2.24, 2.45) is 0 Å². The molecule has 1 fully saturated rings. The Morgan fingerprint density at radius 2 is 1.91 bits per heavy atom. The maximum Gasteiger partial charge on any atom is 0.327 e. The zero-order valence-corrected chi connectivity index (χ0v) is 13.1. The van der Waals surface area contributed by atoms with E-state index in [0.29, 0.717) is 6.42 Å². The first-order chi connectivity index (χ1) is 10.5. The van der Waals surface area contributed by atoms with Gasteiger partial charge < -0.3 is 9.84 Å². The molecular formula is C15H21NO5S. The predicted octanol–water partition coefficient (Wildman–Crippen LogP) is 0.605. The summed E-state index contributed by atoms with van der Waals surface area (Å²) < 4.78 is 30.6. The summed E-state index contributed by atoms with van der Waals surface area (Å²) in [6.45, 7) is -0.164. The summed E-state index contributed by atoms with van der Waals surface area (Å²) in [4.78, 5) is 11.3. The van der Waals surface area contributed by atoms with E-state index in [1.54, 1.807) is 0 Å². The molecule has 0 saturated carbocycles. The van der Waals surface area contributed by atoms with E-state index in [2.05, 4.69) is 9.46 Å². The van der Waals surface area contributed by atoms with Crippen molar-refractivity contribution in [3.63, 3.8) is 0 Å². The number of hydrogen-bond donors (Lipinski definition) is 2. The van der Waals surface area contributed by atoms with Gasteiger partial charge in [0, 0.05) is 0 Å². The molecule has 1 aliphatic heterocycles. The van der Waals surface area contributed by atoms with E-state index in [1.165, 1.54) is 5.56 Å². The van der Waals surface area contributed by atoms with Crippen LogP contribution in [0.1, 0.15) is 24.8 Å². The lowest BCUT2D eigenvalue weighted by Gasteiger charge is -2.12. The largest absolute Gasteiger partial charge is 0.462 e. The molecule has 1 aromatic carbocycles. The quantitative estimate of drug-likeness (QED) is 0.539. The van der Waals surface area contributed by atoms with E-state index in [4.69, 9.17) is 0 Å². The zero-order chi connectivity index (χ0) is 16.0. The summed E-state index contributed by atoms with van der Waals surface area (Å²) in [6.07, 6.45) is 2.02. The number of ether oxygens (including phenoxy) is 1. The molecule has 0 bridgehead atoms. The molecule has 1 heterocycles. The maximum atomic E-state index is 11.9. The molecule has 1 aliphatic rings. The van der Waals surface area contributed by atoms with E-state index >= 15 is 0 Å². The van der Waals surface area contributed by atoms with Crippen molar-refractivity contribution >= 4 is 16.0 Å². The number of sulfonamides is 1. The van der Waals surface area contributed by atoms with Gasteiger partial charge in [0.2, 0.25) is 10.0 Å². The average Bonchev–Trinajstić information content (AvgIpc) is 2.79. The molecule has 0 amide bonds. The lowest BCUT2D eigenvalue weighted by molar-refractivity contribution is -0.139. The van der Waals surface area contributed by atoms with Gasteiger partial charge in [-0.1, -0.05) is 36.8 Å². The number of hydrogen-bond acceptors (Lipinski definition) is 5. The molecule has 1 saturated heterocycles. The summed E-state index contributed by atoms with van der Waals surface area (Å²) in [5.74, 6) is -0.779. The standard InChI is InChI=1S/C15H21NO5S/c17-13-11-21-15(18)14(13)16-22(19,20)10-6-2-5-9-12-7-3-1-4-8-12/h1,3-4,7-8,13-14,16-17H,2,5-6,9-11H2. The second-order valence-electron chi connectivity index (χ2n) is 5.41. The van der Waals surface area contributed by atoms with Crippen molar-refractivity contribution in [1.82, 2.24) is 4.72 Å². The number of rotatable bonds is 8. The number of carbonyl (C=O) groups is 1. The summed E-state index contributed by atoms with van der Waals surface area (Å²) in [7, 11) is -3.59. The van der Waals surface area contributed by atoms with Crippen molar-refractivity contribution < 1.29 is 23.1 Å². The molecule has 2 rings (SSSR count). The summed E-state index contributed by atoms with van der Waals surface area (Å²) in [6, 6.07) is 8.85. The fourth-order valence-corrected chi connectivity index (χ4v) is 3.67. The Morgan fingerprint density at radius 3 is 2.55 bits per heavy atom. The number of aliphatic hydroxyl groups is 1. The fourth-order valence-electron chi connectivity index (χ4n) is 2.33. The van der Waals surface area contributed by atoms with Gasteiger partial charge in [0.15, 0.2) is 0 Å². The Balaban J connectivity index is 1.68. The number of cyclic esters (lactones) is 1. The molecule has 0 aliphatic carbocycles. The Labute approximate surface area is 130 Å². The van der Waals surface area contributed by atoms with Crippen molar-refractivity contribution in [1.29, 1.82) is 0 Å². The van der Waals surface area contributed by atoms with Crippen LogP contribution in [0.15, 0.2) is 30.3 Å². The molecule has 0 radical (unpaired) electrons. The first-order valence-corrected chi connectivity index (χ1v) is 9.02. The van der Waals surface area contributed by atoms with Crippen LogP contribution < -0.4 is 4.72 Å². The molecule has 0 aromatic heterocycles. The van der Waals surface area contributed by atoms with Gasteiger partial charge in [-0.15, -0.1) is 0 Å². The van der Waals surface area contributed by atoms with Gasteiger partial charge in [-0.2, -0.15) is 4.72 Å². The Hall–Kier alpha value is -1.44. The third kappa shape index (κ3) is 5.08. The number of aryl methyl sites for hydroxylation is 1. The van der Waals surface area contributed by atoms with Gasteiger partial charge in [0.1, 0.15) is 18.8 Å². The van der Waals surface area contributed by atoms with Crippen molar-refractivity contribution in [3.05, 3.63) is 35.9 Å². The fraction of sp³-hybridized carbons (Fsp3) is 0.533. The molecule has 6 nitrogen and oxygen atoms in total. The maximum absolute atomic E-state index is 11.9. The Morgan fingerprint density at radius 1 is 1.18 bits per heavy atom. The Kier molecular flexibility index (Phi) is 5.93. The van der Waals surface area contributed by atoms with Crippen LogP contribution in [-0.4, -0.2) is 44.0 Å². The minimum Gasteiger partial charge on any atom is -0.462 e. The van der Waals surface area contributed by atoms with Crippen LogP contribution in [0.5, 0.6) is 0 Å². The normalized spacial score (nSPS) is 21.8. The lowest BCUT2D eigenvalue weighted by atomic mass is 10.1. The van der Waals surface area contributed by atoms with E-state index in [0.717, 1.165) is 19.3 Å². The number of unbranched alkanes of at least 4 members (excludes halogenated alkanes) is 2. The van der Waals surface area contributed by atoms with Crippen LogP contribution in [-0.2, 0) is 26.0 Å². The summed E-state index contributed by atoms with van der Waals surface area (Å²) in [5.41, 5.74) is 1.24. The molecule has 2 unspecified atom stereocenters. The summed E-state index contributed by atoms with van der Waals surface area (Å²) in [5, 5.41) is 9.49. The highest BCUT2D eigenvalue weighted by Gasteiger charge is 2.38. The zero-order valence-electron chi connectivity index (χ0n) is 12.3. The van der Waals surface area contributed by atoms with Gasteiger partial charge in [-0.3, -0.25) is 4.79 Å². The van der Waals surface area contributed by atoms with Crippen LogP contribution in [0.25, 0.3) is 0 Å². The van der Waals surface area contributed by atoms with Crippen LogP contribution in [0.4, 0.5) is 0 Å². The molecule has 1 aromatic rings. The van der Waals surface area contributed by atoms with Gasteiger partial charge in [-0.25, -0.2) is 8.42 Å². The molecule has 122 valence electrons. The number of carbonyl (C=O) groups excluding carboxylic acids is 1. The number of benzene rings is 1. The minimum atomic E-state index is -3.59. The highest BCUT2D eigenvalue weighted by molar-refractivity contribution is 7.89. The first-order valence-electron chi connectivity index (χ1n) is 7.36. The third-order valence-electron chi connectivity index (χ3n) is 3.56. The van der Waals surface area contributed by atoms with Crippen molar-refractivity contribution in [3.8, 4) is 0 Å². The second-order valence-corrected chi connectivity index (χ2v) is 7.28. The van der Waals surface area contributed by atoms with Gasteiger partial charge in [-0.05, 0) is 24.8 Å². The van der Waals surface area contributed by atoms with E-state index in [1.807, 2.05) is 30.3 Å². The van der Waals surface area contributed by atoms with Crippen LogP contribution in [0.2, 0.25) is 0 Å². The van der Waals surface area contributed by atoms with E-state index in [-0.39, 0.29) is 12.4 Å². The highest BCUT2D eigenvalue weighted by atomic mass is 32.2. The monoisotopic (exact) mass is 327 g/mol. The topological polar surface area (TPSA) is 92.7 Å². The predicted molar refractivity (Wildman–Crippen MR) is 81.7 cm³/mol. The van der Waals surface area contributed by atoms with Crippen LogP contribution >= 0.6 is 0 Å². The van der Waals surface area contributed by atoms with E-state index in [9.17, 15) is 18.3 Å². The summed E-state index contributed by atoms with van der Waals surface area (Å²) >= 11 is 0. The highest BCUT2D eigenvalue weighted by Crippen LogP contribution is 2.10. The molecule has 0 spiro atoms. The second kappa shape index (κ2) is 7.71. The van der Waals surface area contributed by atoms with Gasteiger partial charge in [0.25, 0.3) is 0 Å². The number of aliphatic hydroxyl groups excluding tert-OH is 1. The third-order valence-corrected chi connectivity index (χ3v) is 5.00. The van der Waals surface area contributed by atoms with Gasteiger partial charge in [0.05, 0.1) is 5.75 Å². The molecule has 2 N–H and O–H groups in total. The molecule has 7 heteroatoms. The first kappa shape index (κ1) is 16.9. The van der Waals surface area contributed by atoms with Crippen molar-refractivity contribution in [2.75, 3.05) is 12.4 Å². The van der Waals surface area contributed by atoms with Crippen molar-refractivity contribution in [2.45, 2.75) is 37.8 Å². The lowest BCUT2D eigenvalue weighted by Crippen LogP contribution is -2.45. The van der Waals surface area contributed by atoms with E-state index < -0.39 is 28.1 Å². The minimum absolute atomic E-state index is 0.0573. The SMILES string of the molecule is O=C1OCC(O)C1NS(=O)(=O)CCCCCc1ccccc1. The van der Waals surface area contributed by atoms with Crippen LogP contribution in [0, 0.1) is 0 Å². The molecule has 22 heavy (non-hydrogen) atoms. The van der Waals surface area contributed by atoms with Crippen LogP contribution in [0.3, 0.4) is 0 Å². The smallest absolute Gasteiger partial charge is 0.327 e.